The van der Waals surface area contributed by atoms with Crippen molar-refractivity contribution >= 4 is 34.8 Å². The molecule has 3 aromatic carbocycles. The lowest BCUT2D eigenvalue weighted by molar-refractivity contribution is -0.119. The Bertz CT molecular complexity index is 1140. The molecule has 0 spiro atoms. The number of aryl methyl sites for hydroxylation is 1. The number of para-hydroxylation sites is 1. The summed E-state index contributed by atoms with van der Waals surface area (Å²) in [7, 11) is 0. The Morgan fingerprint density at radius 3 is 2.19 bits per heavy atom. The minimum absolute atomic E-state index is 0.297. The second-order valence-electron chi connectivity index (χ2n) is 7.22. The standard InChI is InChI=1S/C26H23NO3S/c1-3-17-30-20-15-13-19(14-16-20)23-24(31-21-10-5-4-6-11-21)26(29)27(25(23)28)22-12-8-7-9-18(22)2/h4-16H,3,17H2,1-2H3. The topological polar surface area (TPSA) is 46.6 Å². The molecule has 1 aliphatic heterocycles. The van der Waals surface area contributed by atoms with Crippen LogP contribution in [0.3, 0.4) is 0 Å². The van der Waals surface area contributed by atoms with Gasteiger partial charge in [-0.3, -0.25) is 9.59 Å². The monoisotopic (exact) mass is 429 g/mol. The molecule has 31 heavy (non-hydrogen) atoms. The largest absolute Gasteiger partial charge is 0.494 e. The van der Waals surface area contributed by atoms with Crippen LogP contribution in [0.15, 0.2) is 88.7 Å². The first-order valence-electron chi connectivity index (χ1n) is 10.2. The Morgan fingerprint density at radius 2 is 1.52 bits per heavy atom. The highest BCUT2D eigenvalue weighted by Crippen LogP contribution is 2.42. The quantitative estimate of drug-likeness (QED) is 0.441. The van der Waals surface area contributed by atoms with E-state index in [-0.39, 0.29) is 11.8 Å². The molecule has 0 saturated heterocycles. The number of thioether (sulfide) groups is 1. The number of carbonyl (C=O) groups is 2. The van der Waals surface area contributed by atoms with Crippen molar-refractivity contribution < 1.29 is 14.3 Å². The van der Waals surface area contributed by atoms with Gasteiger partial charge in [-0.2, -0.15) is 0 Å². The van der Waals surface area contributed by atoms with Gasteiger partial charge in [0.2, 0.25) is 0 Å². The summed E-state index contributed by atoms with van der Waals surface area (Å²) in [5.74, 6) is 0.144. The van der Waals surface area contributed by atoms with E-state index in [2.05, 4.69) is 6.92 Å². The molecule has 2 amide bonds. The van der Waals surface area contributed by atoms with Crippen molar-refractivity contribution in [3.8, 4) is 5.75 Å². The molecule has 0 radical (unpaired) electrons. The molecule has 3 aromatic rings. The van der Waals surface area contributed by atoms with Gasteiger partial charge in [-0.25, -0.2) is 4.90 Å². The van der Waals surface area contributed by atoms with E-state index in [0.717, 1.165) is 22.6 Å². The van der Waals surface area contributed by atoms with Crippen molar-refractivity contribution in [3.63, 3.8) is 0 Å². The van der Waals surface area contributed by atoms with Crippen LogP contribution in [0.25, 0.3) is 5.57 Å². The zero-order valence-electron chi connectivity index (χ0n) is 17.5. The highest BCUT2D eigenvalue weighted by Gasteiger charge is 2.40. The molecule has 0 N–H and O–H groups in total. The Kier molecular flexibility index (Phi) is 6.23. The Morgan fingerprint density at radius 1 is 0.839 bits per heavy atom. The van der Waals surface area contributed by atoms with E-state index < -0.39 is 0 Å². The molecule has 0 fully saturated rings. The maximum absolute atomic E-state index is 13.5. The van der Waals surface area contributed by atoms with Gasteiger partial charge >= 0.3 is 0 Å². The molecule has 156 valence electrons. The SMILES string of the molecule is CCCOc1ccc(C2=C(Sc3ccccc3)C(=O)N(c3ccccc3C)C2=O)cc1. The second kappa shape index (κ2) is 9.23. The molecule has 0 aliphatic carbocycles. The highest BCUT2D eigenvalue weighted by atomic mass is 32.2. The smallest absolute Gasteiger partial charge is 0.272 e. The summed E-state index contributed by atoms with van der Waals surface area (Å²) in [5.41, 5.74) is 2.61. The van der Waals surface area contributed by atoms with Crippen LogP contribution in [0.5, 0.6) is 5.75 Å². The number of rotatable bonds is 7. The van der Waals surface area contributed by atoms with E-state index in [1.807, 2.05) is 79.7 Å². The number of hydrogen-bond acceptors (Lipinski definition) is 4. The molecule has 4 rings (SSSR count). The van der Waals surface area contributed by atoms with Crippen LogP contribution < -0.4 is 9.64 Å². The summed E-state index contributed by atoms with van der Waals surface area (Å²) < 4.78 is 5.67. The molecule has 0 unspecified atom stereocenters. The molecule has 0 atom stereocenters. The van der Waals surface area contributed by atoms with Gasteiger partial charge in [-0.05, 0) is 54.8 Å². The van der Waals surface area contributed by atoms with Crippen LogP contribution in [0.1, 0.15) is 24.5 Å². The van der Waals surface area contributed by atoms with E-state index in [0.29, 0.717) is 28.3 Å². The Balaban J connectivity index is 1.77. The first kappa shape index (κ1) is 20.9. The first-order chi connectivity index (χ1) is 15.1. The van der Waals surface area contributed by atoms with E-state index >= 15 is 0 Å². The molecule has 0 saturated carbocycles. The first-order valence-corrected chi connectivity index (χ1v) is 11.1. The lowest BCUT2D eigenvalue weighted by Gasteiger charge is -2.17. The van der Waals surface area contributed by atoms with Crippen LogP contribution in [0.2, 0.25) is 0 Å². The maximum atomic E-state index is 13.5. The summed E-state index contributed by atoms with van der Waals surface area (Å²) in [5, 5.41) is 0. The molecule has 0 aromatic heterocycles. The molecular weight excluding hydrogens is 406 g/mol. The number of hydrogen-bond donors (Lipinski definition) is 0. The molecule has 1 heterocycles. The predicted octanol–water partition coefficient (Wildman–Crippen LogP) is 5.86. The Hall–Kier alpha value is -3.31. The van der Waals surface area contributed by atoms with E-state index in [1.165, 1.54) is 16.7 Å². The molecule has 4 nitrogen and oxygen atoms in total. The van der Waals surface area contributed by atoms with Gasteiger partial charge in [0.1, 0.15) is 5.75 Å². The number of carbonyl (C=O) groups excluding carboxylic acids is 2. The fraction of sp³-hybridized carbons (Fsp3) is 0.154. The zero-order chi connectivity index (χ0) is 21.8. The second-order valence-corrected chi connectivity index (χ2v) is 8.31. The van der Waals surface area contributed by atoms with E-state index in [1.54, 1.807) is 6.07 Å². The third kappa shape index (κ3) is 4.28. The predicted molar refractivity (Wildman–Crippen MR) is 125 cm³/mol. The fourth-order valence-electron chi connectivity index (χ4n) is 3.44. The average Bonchev–Trinajstić information content (AvgIpc) is 3.03. The van der Waals surface area contributed by atoms with E-state index in [9.17, 15) is 9.59 Å². The van der Waals surface area contributed by atoms with Crippen molar-refractivity contribution in [2.75, 3.05) is 11.5 Å². The summed E-state index contributed by atoms with van der Waals surface area (Å²) in [6, 6.07) is 24.5. The summed E-state index contributed by atoms with van der Waals surface area (Å²) in [6.45, 7) is 4.59. The number of nitrogens with zero attached hydrogens (tertiary/aromatic N) is 1. The van der Waals surface area contributed by atoms with Crippen molar-refractivity contribution in [2.45, 2.75) is 25.2 Å². The fourth-order valence-corrected chi connectivity index (χ4v) is 4.45. The number of anilines is 1. The maximum Gasteiger partial charge on any atom is 0.272 e. The van der Waals surface area contributed by atoms with Gasteiger partial charge in [-0.15, -0.1) is 0 Å². The normalized spacial score (nSPS) is 13.8. The van der Waals surface area contributed by atoms with Crippen LogP contribution in [-0.2, 0) is 9.59 Å². The Labute approximate surface area is 186 Å². The minimum atomic E-state index is -0.306. The highest BCUT2D eigenvalue weighted by molar-refractivity contribution is 8.04. The summed E-state index contributed by atoms with van der Waals surface area (Å²) in [6.07, 6.45) is 0.920. The summed E-state index contributed by atoms with van der Waals surface area (Å²) in [4.78, 5) is 29.6. The number of imide groups is 1. The van der Waals surface area contributed by atoms with Gasteiger partial charge < -0.3 is 4.74 Å². The van der Waals surface area contributed by atoms with Crippen molar-refractivity contribution in [3.05, 3.63) is 94.9 Å². The van der Waals surface area contributed by atoms with Crippen molar-refractivity contribution in [2.24, 2.45) is 0 Å². The average molecular weight is 430 g/mol. The number of ether oxygens (including phenoxy) is 1. The van der Waals surface area contributed by atoms with Crippen LogP contribution in [0.4, 0.5) is 5.69 Å². The minimum Gasteiger partial charge on any atom is -0.494 e. The molecule has 0 bridgehead atoms. The summed E-state index contributed by atoms with van der Waals surface area (Å²) >= 11 is 1.32. The van der Waals surface area contributed by atoms with Crippen LogP contribution in [-0.4, -0.2) is 18.4 Å². The van der Waals surface area contributed by atoms with Gasteiger partial charge in [0.05, 0.1) is 22.8 Å². The lowest BCUT2D eigenvalue weighted by Crippen LogP contribution is -2.31. The molecule has 1 aliphatic rings. The third-order valence-corrected chi connectivity index (χ3v) is 6.07. The number of amides is 2. The van der Waals surface area contributed by atoms with Crippen LogP contribution >= 0.6 is 11.8 Å². The number of benzene rings is 3. The lowest BCUT2D eigenvalue weighted by atomic mass is 10.1. The third-order valence-electron chi connectivity index (χ3n) is 4.98. The van der Waals surface area contributed by atoms with Gasteiger partial charge in [0, 0.05) is 4.90 Å². The van der Waals surface area contributed by atoms with Crippen molar-refractivity contribution in [1.82, 2.24) is 0 Å². The van der Waals surface area contributed by atoms with Gasteiger partial charge in [0.25, 0.3) is 11.8 Å². The van der Waals surface area contributed by atoms with Gasteiger partial charge in [0.15, 0.2) is 0 Å². The molecule has 5 heteroatoms. The van der Waals surface area contributed by atoms with E-state index in [4.69, 9.17) is 4.74 Å². The van der Waals surface area contributed by atoms with Crippen molar-refractivity contribution in [1.29, 1.82) is 0 Å². The molecular formula is C26H23NO3S. The zero-order valence-corrected chi connectivity index (χ0v) is 18.3. The van der Waals surface area contributed by atoms with Gasteiger partial charge in [-0.1, -0.05) is 67.2 Å². The van der Waals surface area contributed by atoms with Crippen LogP contribution in [0, 0.1) is 6.92 Å².